The summed E-state index contributed by atoms with van der Waals surface area (Å²) in [6.07, 6.45) is 2.43. The number of halogens is 1. The standard InChI is InChI=1S/C20H18FN3O4/c21-15-10-14(19(25)26)17(28-12-13-6-2-1-3-7-13)11-16(15)24-20(27)23-9-5-4-8-18(23)22-24/h1-3,6-7,10-11H,4-5,8-9,12H2,(H,25,26). The van der Waals surface area contributed by atoms with Crippen molar-refractivity contribution in [3.8, 4) is 11.4 Å². The van der Waals surface area contributed by atoms with Gasteiger partial charge in [-0.3, -0.25) is 4.57 Å². The van der Waals surface area contributed by atoms with Crippen LogP contribution in [0.1, 0.15) is 34.6 Å². The molecule has 0 fully saturated rings. The number of benzene rings is 2. The highest BCUT2D eigenvalue weighted by Gasteiger charge is 2.23. The Balaban J connectivity index is 1.75. The van der Waals surface area contributed by atoms with E-state index < -0.39 is 17.5 Å². The van der Waals surface area contributed by atoms with Crippen LogP contribution in [-0.4, -0.2) is 25.4 Å². The van der Waals surface area contributed by atoms with E-state index in [-0.39, 0.29) is 23.6 Å². The summed E-state index contributed by atoms with van der Waals surface area (Å²) < 4.78 is 22.8. The summed E-state index contributed by atoms with van der Waals surface area (Å²) in [4.78, 5) is 24.1. The molecule has 2 aromatic carbocycles. The molecule has 3 aromatic rings. The molecule has 2 heterocycles. The Hall–Kier alpha value is -3.42. The van der Waals surface area contributed by atoms with Gasteiger partial charge in [-0.15, -0.1) is 5.10 Å². The SMILES string of the molecule is O=C(O)c1cc(F)c(-n2nc3n(c2=O)CCCC3)cc1OCc1ccccc1. The van der Waals surface area contributed by atoms with E-state index in [2.05, 4.69) is 5.10 Å². The summed E-state index contributed by atoms with van der Waals surface area (Å²) in [6.45, 7) is 0.654. The van der Waals surface area contributed by atoms with Crippen LogP contribution in [0.5, 0.6) is 5.75 Å². The van der Waals surface area contributed by atoms with Crippen LogP contribution in [0.2, 0.25) is 0 Å². The molecule has 0 bridgehead atoms. The maximum Gasteiger partial charge on any atom is 0.350 e. The molecule has 28 heavy (non-hydrogen) atoms. The molecule has 0 unspecified atom stereocenters. The van der Waals surface area contributed by atoms with Crippen LogP contribution in [0.4, 0.5) is 4.39 Å². The number of aryl methyl sites for hydroxylation is 1. The van der Waals surface area contributed by atoms with Gasteiger partial charge in [0, 0.05) is 19.0 Å². The van der Waals surface area contributed by atoms with Gasteiger partial charge >= 0.3 is 11.7 Å². The number of hydrogen-bond acceptors (Lipinski definition) is 4. The average molecular weight is 383 g/mol. The zero-order chi connectivity index (χ0) is 19.7. The first-order valence-electron chi connectivity index (χ1n) is 8.97. The van der Waals surface area contributed by atoms with Gasteiger partial charge in [0.05, 0.1) is 0 Å². The highest BCUT2D eigenvalue weighted by Crippen LogP contribution is 2.26. The number of aromatic nitrogens is 3. The molecule has 0 atom stereocenters. The lowest BCUT2D eigenvalue weighted by atomic mass is 10.1. The van der Waals surface area contributed by atoms with Gasteiger partial charge < -0.3 is 9.84 Å². The minimum Gasteiger partial charge on any atom is -0.488 e. The molecule has 0 spiro atoms. The van der Waals surface area contributed by atoms with Crippen LogP contribution >= 0.6 is 0 Å². The fourth-order valence-electron chi connectivity index (χ4n) is 3.28. The molecule has 1 aromatic heterocycles. The van der Waals surface area contributed by atoms with Crippen molar-refractivity contribution in [3.05, 3.63) is 75.7 Å². The van der Waals surface area contributed by atoms with Gasteiger partial charge in [0.25, 0.3) is 0 Å². The molecule has 0 saturated heterocycles. The van der Waals surface area contributed by atoms with Gasteiger partial charge in [0.1, 0.15) is 35.2 Å². The number of carboxylic acid groups (broad SMARTS) is 1. The van der Waals surface area contributed by atoms with Crippen LogP contribution < -0.4 is 10.4 Å². The van der Waals surface area contributed by atoms with E-state index in [1.54, 1.807) is 0 Å². The van der Waals surface area contributed by atoms with Gasteiger partial charge in [0.2, 0.25) is 0 Å². The van der Waals surface area contributed by atoms with Crippen molar-refractivity contribution in [1.82, 2.24) is 14.3 Å². The number of aromatic carboxylic acids is 1. The molecule has 0 aliphatic carbocycles. The molecular formula is C20H18FN3O4. The summed E-state index contributed by atoms with van der Waals surface area (Å²) in [7, 11) is 0. The van der Waals surface area contributed by atoms with E-state index in [0.29, 0.717) is 18.8 Å². The maximum atomic E-state index is 14.7. The third-order valence-corrected chi connectivity index (χ3v) is 4.72. The van der Waals surface area contributed by atoms with Crippen LogP contribution in [0.3, 0.4) is 0 Å². The second-order valence-corrected chi connectivity index (χ2v) is 6.60. The fourth-order valence-corrected chi connectivity index (χ4v) is 3.28. The first-order valence-corrected chi connectivity index (χ1v) is 8.97. The first kappa shape index (κ1) is 18.0. The topological polar surface area (TPSA) is 86.4 Å². The molecule has 8 heteroatoms. The minimum absolute atomic E-state index is 0.0226. The molecule has 1 aliphatic rings. The predicted molar refractivity (Wildman–Crippen MR) is 98.5 cm³/mol. The summed E-state index contributed by atoms with van der Waals surface area (Å²) in [6, 6.07) is 11.3. The van der Waals surface area contributed by atoms with E-state index in [0.717, 1.165) is 29.2 Å². The van der Waals surface area contributed by atoms with Crippen molar-refractivity contribution in [3.63, 3.8) is 0 Å². The third-order valence-electron chi connectivity index (χ3n) is 4.72. The van der Waals surface area contributed by atoms with E-state index in [1.807, 2.05) is 30.3 Å². The summed E-state index contributed by atoms with van der Waals surface area (Å²) in [5.74, 6) is -1.58. The third kappa shape index (κ3) is 3.28. The Morgan fingerprint density at radius 2 is 2.00 bits per heavy atom. The molecule has 144 valence electrons. The Bertz CT molecular complexity index is 1090. The van der Waals surface area contributed by atoms with Crippen molar-refractivity contribution < 1.29 is 19.0 Å². The molecule has 4 rings (SSSR count). The fraction of sp³-hybridized carbons (Fsp3) is 0.250. The Morgan fingerprint density at radius 1 is 1.21 bits per heavy atom. The molecule has 0 amide bonds. The number of carboxylic acids is 1. The van der Waals surface area contributed by atoms with E-state index >= 15 is 0 Å². The van der Waals surface area contributed by atoms with E-state index in [1.165, 1.54) is 10.6 Å². The number of rotatable bonds is 5. The molecule has 0 radical (unpaired) electrons. The quantitative estimate of drug-likeness (QED) is 0.732. The maximum absolute atomic E-state index is 14.7. The van der Waals surface area contributed by atoms with Crippen LogP contribution in [0.15, 0.2) is 47.3 Å². The summed E-state index contributed by atoms with van der Waals surface area (Å²) in [5.41, 5.74) is -0.0424. The lowest BCUT2D eigenvalue weighted by Crippen LogP contribution is -2.26. The number of ether oxygens (including phenoxy) is 1. The molecule has 1 N–H and O–H groups in total. The van der Waals surface area contributed by atoms with E-state index in [4.69, 9.17) is 4.74 Å². The van der Waals surface area contributed by atoms with Gasteiger partial charge in [-0.2, -0.15) is 4.68 Å². The lowest BCUT2D eigenvalue weighted by molar-refractivity contribution is 0.0691. The second-order valence-electron chi connectivity index (χ2n) is 6.60. The normalized spacial score (nSPS) is 13.2. The second kappa shape index (κ2) is 7.30. The molecule has 1 aliphatic heterocycles. The number of fused-ring (bicyclic) bond motifs is 1. The van der Waals surface area contributed by atoms with Gasteiger partial charge in [-0.25, -0.2) is 14.0 Å². The lowest BCUT2D eigenvalue weighted by Gasteiger charge is -2.12. The number of hydrogen-bond donors (Lipinski definition) is 1. The molecule has 7 nitrogen and oxygen atoms in total. The first-order chi connectivity index (χ1) is 13.5. The minimum atomic E-state index is -1.31. The predicted octanol–water partition coefficient (Wildman–Crippen LogP) is 2.79. The molecule has 0 saturated carbocycles. The smallest absolute Gasteiger partial charge is 0.350 e. The molecular weight excluding hydrogens is 365 g/mol. The highest BCUT2D eigenvalue weighted by atomic mass is 19.1. The van der Waals surface area contributed by atoms with Crippen molar-refractivity contribution in [2.24, 2.45) is 0 Å². The van der Waals surface area contributed by atoms with Crippen molar-refractivity contribution >= 4 is 5.97 Å². The van der Waals surface area contributed by atoms with Crippen molar-refractivity contribution in [2.45, 2.75) is 32.4 Å². The Morgan fingerprint density at radius 3 is 2.71 bits per heavy atom. The highest BCUT2D eigenvalue weighted by molar-refractivity contribution is 5.91. The Labute approximate surface area is 159 Å². The zero-order valence-corrected chi connectivity index (χ0v) is 15.0. The van der Waals surface area contributed by atoms with Crippen LogP contribution in [-0.2, 0) is 19.6 Å². The largest absolute Gasteiger partial charge is 0.488 e. The van der Waals surface area contributed by atoms with Gasteiger partial charge in [-0.1, -0.05) is 30.3 Å². The number of nitrogens with zero attached hydrogens (tertiary/aromatic N) is 3. The van der Waals surface area contributed by atoms with Crippen LogP contribution in [0, 0.1) is 5.82 Å². The van der Waals surface area contributed by atoms with Gasteiger partial charge in [0.15, 0.2) is 0 Å². The van der Waals surface area contributed by atoms with E-state index in [9.17, 15) is 19.1 Å². The Kier molecular flexibility index (Phi) is 4.68. The average Bonchev–Trinajstić information content (AvgIpc) is 3.04. The summed E-state index contributed by atoms with van der Waals surface area (Å²) in [5, 5.41) is 13.6. The summed E-state index contributed by atoms with van der Waals surface area (Å²) >= 11 is 0. The van der Waals surface area contributed by atoms with Crippen molar-refractivity contribution in [1.29, 1.82) is 0 Å². The zero-order valence-electron chi connectivity index (χ0n) is 15.0. The van der Waals surface area contributed by atoms with Crippen LogP contribution in [0.25, 0.3) is 5.69 Å². The number of carbonyl (C=O) groups is 1. The van der Waals surface area contributed by atoms with Gasteiger partial charge in [-0.05, 0) is 24.5 Å². The van der Waals surface area contributed by atoms with Crippen molar-refractivity contribution in [2.75, 3.05) is 0 Å². The monoisotopic (exact) mass is 383 g/mol.